The molecule has 6 nitrogen and oxygen atoms in total. The third kappa shape index (κ3) is 10.4. The minimum atomic E-state index is -1.09. The van der Waals surface area contributed by atoms with Crippen molar-refractivity contribution in [2.24, 2.45) is 0 Å². The van der Waals surface area contributed by atoms with Gasteiger partial charge in [-0.3, -0.25) is 14.4 Å². The lowest BCUT2D eigenvalue weighted by atomic mass is 9.96. The van der Waals surface area contributed by atoms with Crippen LogP contribution in [0.4, 0.5) is 0 Å². The van der Waals surface area contributed by atoms with Crippen LogP contribution in [0.25, 0.3) is 0 Å². The van der Waals surface area contributed by atoms with Crippen LogP contribution in [0.1, 0.15) is 92.6 Å². The predicted molar refractivity (Wildman–Crippen MR) is 135 cm³/mol. The molecule has 0 saturated carbocycles. The van der Waals surface area contributed by atoms with Crippen LogP contribution in [0.3, 0.4) is 0 Å². The Kier molecular flexibility index (Phi) is 12.8. The first-order chi connectivity index (χ1) is 16.9. The molecule has 0 heterocycles. The highest BCUT2D eigenvalue weighted by atomic mass is 16.6. The number of hydrogen-bond donors (Lipinski definition) is 1. The number of carbonyl (C=O) groups is 3. The number of hydrogen-bond acceptors (Lipinski definition) is 6. The first-order valence-electron chi connectivity index (χ1n) is 12.6. The average Bonchev–Trinajstić information content (AvgIpc) is 2.89. The number of carbonyl (C=O) groups excluding carboxylic acids is 3. The zero-order valence-electron chi connectivity index (χ0n) is 20.9. The van der Waals surface area contributed by atoms with Crippen molar-refractivity contribution in [1.82, 2.24) is 0 Å². The minimum absolute atomic E-state index is 0.123. The minimum Gasteiger partial charge on any atom is -0.463 e. The molecule has 0 aliphatic rings. The summed E-state index contributed by atoms with van der Waals surface area (Å²) in [5.41, 5.74) is 1.71. The summed E-state index contributed by atoms with van der Waals surface area (Å²) in [5.74, 6) is -1.62. The van der Waals surface area contributed by atoms with Crippen molar-refractivity contribution < 1.29 is 29.0 Å². The number of ketones is 1. The maximum Gasteiger partial charge on any atom is 0.313 e. The summed E-state index contributed by atoms with van der Waals surface area (Å²) in [6.07, 6.45) is 7.03. The van der Waals surface area contributed by atoms with Crippen LogP contribution in [0.2, 0.25) is 0 Å². The molecule has 1 unspecified atom stereocenters. The maximum atomic E-state index is 12.7. The first-order valence-corrected chi connectivity index (χ1v) is 12.6. The smallest absolute Gasteiger partial charge is 0.313 e. The van der Waals surface area contributed by atoms with Gasteiger partial charge in [-0.1, -0.05) is 94.0 Å². The molecule has 0 fully saturated rings. The fourth-order valence-corrected chi connectivity index (χ4v) is 3.68. The molecule has 190 valence electrons. The summed E-state index contributed by atoms with van der Waals surface area (Å²) in [4.78, 5) is 37.0. The molecule has 0 amide bonds. The van der Waals surface area contributed by atoms with Crippen LogP contribution in [0.15, 0.2) is 54.6 Å². The van der Waals surface area contributed by atoms with Gasteiger partial charge in [-0.15, -0.1) is 0 Å². The molecule has 0 spiro atoms. The van der Waals surface area contributed by atoms with Gasteiger partial charge >= 0.3 is 11.9 Å². The topological polar surface area (TPSA) is 89.9 Å². The predicted octanol–water partition coefficient (Wildman–Crippen LogP) is 5.61. The van der Waals surface area contributed by atoms with Gasteiger partial charge in [0, 0.05) is 17.5 Å². The van der Waals surface area contributed by atoms with E-state index in [0.717, 1.165) is 19.3 Å². The van der Waals surface area contributed by atoms with E-state index in [1.165, 1.54) is 25.7 Å². The molecule has 0 aromatic heterocycles. The Morgan fingerprint density at radius 3 is 2.14 bits per heavy atom. The molecule has 0 aliphatic heterocycles. The van der Waals surface area contributed by atoms with Crippen molar-refractivity contribution >= 4 is 17.7 Å². The van der Waals surface area contributed by atoms with Gasteiger partial charge in [-0.05, 0) is 25.0 Å². The number of rotatable bonds is 16. The molecule has 2 atom stereocenters. The summed E-state index contributed by atoms with van der Waals surface area (Å²) in [5, 5.41) is 10.0. The van der Waals surface area contributed by atoms with E-state index >= 15 is 0 Å². The van der Waals surface area contributed by atoms with Gasteiger partial charge in [-0.2, -0.15) is 0 Å². The third-order valence-corrected chi connectivity index (χ3v) is 5.88. The second-order valence-corrected chi connectivity index (χ2v) is 8.88. The first kappa shape index (κ1) is 28.2. The van der Waals surface area contributed by atoms with E-state index in [1.807, 2.05) is 6.07 Å². The molecule has 0 radical (unpaired) electrons. The monoisotopic (exact) mass is 482 g/mol. The van der Waals surface area contributed by atoms with Crippen LogP contribution < -0.4 is 0 Å². The van der Waals surface area contributed by atoms with Crippen molar-refractivity contribution in [2.45, 2.75) is 77.2 Å². The van der Waals surface area contributed by atoms with Gasteiger partial charge < -0.3 is 14.6 Å². The van der Waals surface area contributed by atoms with Crippen LogP contribution in [0.5, 0.6) is 0 Å². The van der Waals surface area contributed by atoms with E-state index < -0.39 is 18.0 Å². The van der Waals surface area contributed by atoms with Crippen molar-refractivity contribution in [2.75, 3.05) is 13.2 Å². The van der Waals surface area contributed by atoms with E-state index in [4.69, 9.17) is 9.47 Å². The van der Waals surface area contributed by atoms with Crippen LogP contribution in [0, 0.1) is 0 Å². The molecular formula is C29H38O6. The number of benzene rings is 2. The molecule has 0 saturated heterocycles. The van der Waals surface area contributed by atoms with Gasteiger partial charge in [0.15, 0.2) is 5.78 Å². The third-order valence-electron chi connectivity index (χ3n) is 5.88. The normalized spacial score (nSPS) is 12.5. The number of aliphatic hydroxyl groups excluding tert-OH is 1. The van der Waals surface area contributed by atoms with E-state index in [2.05, 4.69) is 6.92 Å². The van der Waals surface area contributed by atoms with E-state index in [-0.39, 0.29) is 25.0 Å². The Morgan fingerprint density at radius 1 is 0.800 bits per heavy atom. The van der Waals surface area contributed by atoms with E-state index in [9.17, 15) is 19.5 Å². The Labute approximate surface area is 208 Å². The molecule has 0 bridgehead atoms. The summed E-state index contributed by atoms with van der Waals surface area (Å²) >= 11 is 0. The SMILES string of the molecule is CCCCCCCCCC(=O)OC[C@H](O)COC(=O)C(C)c1cccc(C(=O)c2ccccc2)c1. The molecular weight excluding hydrogens is 444 g/mol. The molecule has 6 heteroatoms. The lowest BCUT2D eigenvalue weighted by molar-refractivity contribution is -0.153. The number of esters is 2. The van der Waals surface area contributed by atoms with Crippen molar-refractivity contribution in [3.8, 4) is 0 Å². The highest BCUT2D eigenvalue weighted by molar-refractivity contribution is 6.09. The lowest BCUT2D eigenvalue weighted by Gasteiger charge is -2.15. The zero-order chi connectivity index (χ0) is 25.5. The van der Waals surface area contributed by atoms with Crippen molar-refractivity contribution in [3.05, 3.63) is 71.3 Å². The number of ether oxygens (including phenoxy) is 2. The van der Waals surface area contributed by atoms with Gasteiger partial charge in [0.1, 0.15) is 19.3 Å². The van der Waals surface area contributed by atoms with Crippen molar-refractivity contribution in [1.29, 1.82) is 0 Å². The summed E-state index contributed by atoms with van der Waals surface area (Å²) in [7, 11) is 0. The van der Waals surface area contributed by atoms with E-state index in [0.29, 0.717) is 23.1 Å². The molecule has 2 aromatic rings. The molecule has 2 aromatic carbocycles. The Morgan fingerprint density at radius 2 is 1.43 bits per heavy atom. The fraction of sp³-hybridized carbons (Fsp3) is 0.483. The Bertz CT molecular complexity index is 924. The lowest BCUT2D eigenvalue weighted by Crippen LogP contribution is -2.26. The second-order valence-electron chi connectivity index (χ2n) is 8.88. The molecule has 0 aliphatic carbocycles. The van der Waals surface area contributed by atoms with Crippen molar-refractivity contribution in [3.63, 3.8) is 0 Å². The fourth-order valence-electron chi connectivity index (χ4n) is 3.68. The highest BCUT2D eigenvalue weighted by Gasteiger charge is 2.20. The van der Waals surface area contributed by atoms with Gasteiger partial charge in [-0.25, -0.2) is 0 Å². The van der Waals surface area contributed by atoms with Gasteiger partial charge in [0.2, 0.25) is 0 Å². The molecule has 1 N–H and O–H groups in total. The summed E-state index contributed by atoms with van der Waals surface area (Å²) in [6, 6.07) is 15.8. The Hall–Kier alpha value is -2.99. The Balaban J connectivity index is 1.71. The average molecular weight is 483 g/mol. The summed E-state index contributed by atoms with van der Waals surface area (Å²) < 4.78 is 10.3. The van der Waals surface area contributed by atoms with Crippen LogP contribution in [-0.2, 0) is 19.1 Å². The second kappa shape index (κ2) is 15.8. The number of aliphatic hydroxyl groups is 1. The van der Waals surface area contributed by atoms with Crippen LogP contribution in [-0.4, -0.2) is 42.1 Å². The quantitative estimate of drug-likeness (QED) is 0.190. The molecule has 2 rings (SSSR count). The number of unbranched alkanes of at least 4 members (excludes halogenated alkanes) is 6. The van der Waals surface area contributed by atoms with Gasteiger partial charge in [0.05, 0.1) is 5.92 Å². The zero-order valence-corrected chi connectivity index (χ0v) is 20.9. The van der Waals surface area contributed by atoms with Crippen LogP contribution >= 0.6 is 0 Å². The maximum absolute atomic E-state index is 12.7. The standard InChI is InChI=1S/C29H38O6/c1-3-4-5-6-7-8-12-18-27(31)34-20-26(30)21-35-29(33)22(2)24-16-13-17-25(19-24)28(32)23-14-10-9-11-15-23/h9-11,13-17,19,22,26,30H,3-8,12,18,20-21H2,1-2H3/t22?,26-/m0/s1. The highest BCUT2D eigenvalue weighted by Crippen LogP contribution is 2.20. The van der Waals surface area contributed by atoms with E-state index in [1.54, 1.807) is 55.5 Å². The summed E-state index contributed by atoms with van der Waals surface area (Å²) in [6.45, 7) is 3.39. The largest absolute Gasteiger partial charge is 0.463 e. The van der Waals surface area contributed by atoms with Gasteiger partial charge in [0.25, 0.3) is 0 Å². The molecule has 35 heavy (non-hydrogen) atoms.